The largest absolute Gasteiger partial charge is 0.506 e. The van der Waals surface area contributed by atoms with Gasteiger partial charge in [-0.05, 0) is 0 Å². The van der Waals surface area contributed by atoms with Crippen molar-refractivity contribution in [1.29, 1.82) is 0 Å². The summed E-state index contributed by atoms with van der Waals surface area (Å²) in [6.45, 7) is 0. The molecule has 0 aromatic heterocycles. The van der Waals surface area contributed by atoms with Crippen LogP contribution in [-0.4, -0.2) is 18.5 Å². The molecule has 0 heterocycles. The van der Waals surface area contributed by atoms with Crippen LogP contribution in [0.2, 0.25) is 5.02 Å². The van der Waals surface area contributed by atoms with Gasteiger partial charge in [0.15, 0.2) is 12.1 Å². The maximum Gasteiger partial charge on any atom is 0.159 e. The first kappa shape index (κ1) is 9.80. The number of phenolic OH excluding ortho intramolecular Hbond substituents is 1. The summed E-state index contributed by atoms with van der Waals surface area (Å²) in [6, 6.07) is 1.08. The number of rotatable bonds is 2. The minimum absolute atomic E-state index is 0.0469. The van der Waals surface area contributed by atoms with Crippen molar-refractivity contribution in [3.05, 3.63) is 22.5 Å². The Morgan fingerprint density at radius 3 is 2.77 bits per heavy atom. The molecule has 0 saturated heterocycles. The third-order valence-corrected chi connectivity index (χ3v) is 1.88. The summed E-state index contributed by atoms with van der Waals surface area (Å²) >= 11 is 5.35. The van der Waals surface area contributed by atoms with E-state index in [2.05, 4.69) is 4.74 Å². The number of hydrogen-bond donors (Lipinski definition) is 1. The molecule has 3 nitrogen and oxygen atoms in total. The highest BCUT2D eigenvalue weighted by Gasteiger charge is 2.16. The third-order valence-electron chi connectivity index (χ3n) is 1.53. The van der Waals surface area contributed by atoms with E-state index in [4.69, 9.17) is 16.7 Å². The van der Waals surface area contributed by atoms with Crippen LogP contribution in [0.15, 0.2) is 6.07 Å². The lowest BCUT2D eigenvalue weighted by atomic mass is 10.2. The van der Waals surface area contributed by atoms with Crippen molar-refractivity contribution in [3.8, 4) is 11.5 Å². The minimum Gasteiger partial charge on any atom is -0.506 e. The predicted octanol–water partition coefficient (Wildman–Crippen LogP) is 2.01. The first-order valence-corrected chi connectivity index (χ1v) is 3.69. The van der Waals surface area contributed by atoms with Gasteiger partial charge in [0.25, 0.3) is 0 Å². The highest BCUT2D eigenvalue weighted by atomic mass is 35.5. The molecule has 0 radical (unpaired) electrons. The number of carbonyl (C=O) groups excluding carboxylic acids is 1. The molecule has 0 aliphatic heterocycles. The zero-order valence-corrected chi connectivity index (χ0v) is 7.43. The molecule has 0 atom stereocenters. The van der Waals surface area contributed by atoms with E-state index in [9.17, 15) is 9.18 Å². The number of aromatic hydroxyl groups is 1. The lowest BCUT2D eigenvalue weighted by Gasteiger charge is -2.06. The van der Waals surface area contributed by atoms with E-state index in [1.807, 2.05) is 0 Å². The first-order valence-electron chi connectivity index (χ1n) is 3.32. The summed E-state index contributed by atoms with van der Waals surface area (Å²) in [5, 5.41) is 8.58. The molecular weight excluding hydrogens is 199 g/mol. The number of benzene rings is 1. The van der Waals surface area contributed by atoms with Crippen LogP contribution < -0.4 is 4.74 Å². The van der Waals surface area contributed by atoms with Crippen molar-refractivity contribution in [2.75, 3.05) is 7.11 Å². The molecule has 1 rings (SSSR count). The van der Waals surface area contributed by atoms with Crippen LogP contribution in [0.25, 0.3) is 0 Å². The Bertz CT molecular complexity index is 352. The van der Waals surface area contributed by atoms with Crippen LogP contribution in [0.5, 0.6) is 11.5 Å². The van der Waals surface area contributed by atoms with Crippen molar-refractivity contribution in [2.45, 2.75) is 0 Å². The zero-order chi connectivity index (χ0) is 10.0. The van der Waals surface area contributed by atoms with E-state index in [0.29, 0.717) is 0 Å². The van der Waals surface area contributed by atoms with Gasteiger partial charge >= 0.3 is 0 Å². The van der Waals surface area contributed by atoms with Gasteiger partial charge in [0, 0.05) is 6.07 Å². The summed E-state index contributed by atoms with van der Waals surface area (Å²) in [6.07, 6.45) is 0.277. The molecular formula is C8H6ClFO3. The van der Waals surface area contributed by atoms with Crippen molar-refractivity contribution in [1.82, 2.24) is 0 Å². The molecule has 0 unspecified atom stereocenters. The Balaban J connectivity index is 3.47. The average Bonchev–Trinajstić information content (AvgIpc) is 2.13. The van der Waals surface area contributed by atoms with Crippen LogP contribution in [0.4, 0.5) is 4.39 Å². The Morgan fingerprint density at radius 2 is 2.31 bits per heavy atom. The number of carbonyl (C=O) groups is 1. The van der Waals surface area contributed by atoms with Crippen molar-refractivity contribution >= 4 is 17.9 Å². The lowest BCUT2D eigenvalue weighted by Crippen LogP contribution is -1.95. The Hall–Kier alpha value is -1.29. The van der Waals surface area contributed by atoms with Crippen LogP contribution in [0.1, 0.15) is 10.4 Å². The second-order valence-corrected chi connectivity index (χ2v) is 2.64. The molecule has 0 spiro atoms. The van der Waals surface area contributed by atoms with Crippen molar-refractivity contribution < 1.29 is 19.0 Å². The van der Waals surface area contributed by atoms with Gasteiger partial charge in [-0.3, -0.25) is 4.79 Å². The highest BCUT2D eigenvalue weighted by Crippen LogP contribution is 2.34. The first-order chi connectivity index (χ1) is 6.11. The van der Waals surface area contributed by atoms with Crippen LogP contribution in [-0.2, 0) is 0 Å². The Morgan fingerprint density at radius 1 is 1.69 bits per heavy atom. The number of methoxy groups -OCH3 is 1. The van der Waals surface area contributed by atoms with Crippen LogP contribution in [0, 0.1) is 5.82 Å². The molecule has 5 heteroatoms. The topological polar surface area (TPSA) is 46.5 Å². The van der Waals surface area contributed by atoms with E-state index < -0.39 is 16.6 Å². The number of ether oxygens (including phenoxy) is 1. The lowest BCUT2D eigenvalue weighted by molar-refractivity contribution is 0.111. The van der Waals surface area contributed by atoms with Crippen LogP contribution in [0.3, 0.4) is 0 Å². The maximum absolute atomic E-state index is 13.1. The highest BCUT2D eigenvalue weighted by molar-refractivity contribution is 6.32. The summed E-state index contributed by atoms with van der Waals surface area (Å²) < 4.78 is 17.8. The zero-order valence-electron chi connectivity index (χ0n) is 6.67. The van der Waals surface area contributed by atoms with Crippen LogP contribution >= 0.6 is 11.6 Å². The quantitative estimate of drug-likeness (QED) is 0.750. The average molecular weight is 205 g/mol. The van der Waals surface area contributed by atoms with Gasteiger partial charge in [0.1, 0.15) is 16.5 Å². The molecule has 1 N–H and O–H groups in total. The normalized spacial score (nSPS) is 9.77. The molecule has 70 valence electrons. The summed E-state index contributed by atoms with van der Waals surface area (Å²) in [7, 11) is 1.26. The molecule has 0 saturated carbocycles. The molecule has 0 aliphatic carbocycles. The fraction of sp³-hybridized carbons (Fsp3) is 0.125. The predicted molar refractivity (Wildman–Crippen MR) is 45.0 cm³/mol. The van der Waals surface area contributed by atoms with Crippen molar-refractivity contribution in [3.63, 3.8) is 0 Å². The minimum atomic E-state index is -0.978. The molecule has 0 bridgehead atoms. The summed E-state index contributed by atoms with van der Waals surface area (Å²) in [4.78, 5) is 10.4. The van der Waals surface area contributed by atoms with Gasteiger partial charge in [-0.15, -0.1) is 0 Å². The number of aldehydes is 1. The monoisotopic (exact) mass is 204 g/mol. The van der Waals surface area contributed by atoms with Gasteiger partial charge in [-0.1, -0.05) is 11.6 Å². The van der Waals surface area contributed by atoms with E-state index in [1.54, 1.807) is 0 Å². The van der Waals surface area contributed by atoms with E-state index >= 15 is 0 Å². The summed E-state index contributed by atoms with van der Waals surface area (Å²) in [5.74, 6) is -1.48. The standard InChI is InChI=1S/C8H6ClFO3/c1-13-6-2-5(12)7(9)8(10)4(6)3-11/h2-3,12H,1H3. The van der Waals surface area contributed by atoms with E-state index in [-0.39, 0.29) is 17.6 Å². The number of hydrogen-bond acceptors (Lipinski definition) is 3. The second-order valence-electron chi connectivity index (χ2n) is 2.26. The molecule has 0 fully saturated rings. The van der Waals surface area contributed by atoms with Gasteiger partial charge in [-0.2, -0.15) is 0 Å². The van der Waals surface area contributed by atoms with E-state index in [0.717, 1.165) is 6.07 Å². The third kappa shape index (κ3) is 1.58. The number of phenols is 1. The van der Waals surface area contributed by atoms with E-state index in [1.165, 1.54) is 7.11 Å². The molecule has 0 aliphatic rings. The fourth-order valence-corrected chi connectivity index (χ4v) is 1.04. The molecule has 0 amide bonds. The summed E-state index contributed by atoms with van der Waals surface area (Å²) in [5.41, 5.74) is -0.301. The maximum atomic E-state index is 13.1. The molecule has 13 heavy (non-hydrogen) atoms. The smallest absolute Gasteiger partial charge is 0.159 e. The van der Waals surface area contributed by atoms with Gasteiger partial charge in [-0.25, -0.2) is 4.39 Å². The number of halogens is 2. The molecule has 1 aromatic rings. The SMILES string of the molecule is COc1cc(O)c(Cl)c(F)c1C=O. The van der Waals surface area contributed by atoms with Gasteiger partial charge < -0.3 is 9.84 Å². The molecule has 1 aromatic carbocycles. The van der Waals surface area contributed by atoms with Crippen molar-refractivity contribution in [2.24, 2.45) is 0 Å². The Labute approximate surface area is 78.7 Å². The van der Waals surface area contributed by atoms with Gasteiger partial charge in [0.2, 0.25) is 0 Å². The Kier molecular flexibility index (Phi) is 2.72. The van der Waals surface area contributed by atoms with Gasteiger partial charge in [0.05, 0.1) is 12.7 Å². The second kappa shape index (κ2) is 3.62. The fourth-order valence-electron chi connectivity index (χ4n) is 0.883.